The molecule has 0 amide bonds. The summed E-state index contributed by atoms with van der Waals surface area (Å²) in [7, 11) is 0. The Morgan fingerprint density at radius 2 is 0.267 bits per heavy atom. The fourth-order valence-electron chi connectivity index (χ4n) is 0. The number of hydrogen-bond acceptors (Lipinski definition) is 0. The number of hydrogen-bond donors (Lipinski definition) is 0. The third-order valence-electron chi connectivity index (χ3n) is 0. The summed E-state index contributed by atoms with van der Waals surface area (Å²) in [5.74, 6) is 0. The monoisotopic (exact) mass is 1220 g/mol. The molecular weight excluding hydrogens is 1220 g/mol. The minimum absolute atomic E-state index is 0. The molecule has 0 radical (unpaired) electrons. The van der Waals surface area contributed by atoms with Crippen molar-refractivity contribution in [2.24, 2.45) is 0 Å². The van der Waals surface area contributed by atoms with E-state index in [2.05, 4.69) is 0 Å². The molecule has 0 heterocycles. The zero-order chi connectivity index (χ0) is 0. The topological polar surface area (TPSA) is 0 Å². The van der Waals surface area contributed by atoms with Gasteiger partial charge in [0.05, 0.1) is 0 Å². The van der Waals surface area contributed by atoms with E-state index in [1.807, 2.05) is 0 Å². The Bertz CT molecular complexity index is 24.1. The van der Waals surface area contributed by atoms with Gasteiger partial charge < -0.3 is 154 Å². The van der Waals surface area contributed by atoms with Crippen molar-refractivity contribution >= 4 is 241 Å². The van der Waals surface area contributed by atoms with Gasteiger partial charge in [-0.1, -0.05) is 0 Å². The summed E-state index contributed by atoms with van der Waals surface area (Å²) in [4.78, 5) is 0. The molecule has 0 fully saturated rings. The van der Waals surface area contributed by atoms with Gasteiger partial charge in [0, 0.05) is 0 Å². The zero-order valence-corrected chi connectivity index (χ0v) is 39.1. The fraction of sp³-hybridized carbons (Fsp3) is 0. The van der Waals surface area contributed by atoms with Crippen molar-refractivity contribution in [3.05, 3.63) is 0 Å². The molecule has 0 aliphatic carbocycles. The first-order chi connectivity index (χ1) is 0. The first kappa shape index (κ1) is 160. The summed E-state index contributed by atoms with van der Waals surface area (Å²) in [5, 5.41) is 0. The summed E-state index contributed by atoms with van der Waals surface area (Å²) in [6, 6.07) is 0. The average Bonchev–Trinajstić information content (AvgIpc) is 0. The van der Waals surface area contributed by atoms with Crippen molar-refractivity contribution in [2.75, 3.05) is 0 Å². The summed E-state index contributed by atoms with van der Waals surface area (Å²) >= 11 is 0. The third-order valence-corrected chi connectivity index (χ3v) is 0. The quantitative estimate of drug-likeness (QED) is 0.214. The predicted molar refractivity (Wildman–Crippen MR) is 74.8 cm³/mol. The van der Waals surface area contributed by atoms with E-state index < -0.39 is 0 Å². The molecule has 0 aromatic heterocycles. The van der Waals surface area contributed by atoms with Gasteiger partial charge >= 0.3 is 126 Å². The SMILES string of the molecule is [Ga+3].[Ga+3].[Se-2].[Se-2].[Se-2].[Se-2].[Se-2].[Se-2].[Se-2].[Se-2].[Se-2].[Sn+4].[Sn+4].[Zn+2].[Zn+2]. The molecule has 15 heavy (non-hydrogen) atoms. The molecule has 0 nitrogen and oxygen atoms in total. The van der Waals surface area contributed by atoms with Gasteiger partial charge in [0.2, 0.25) is 0 Å². The van der Waals surface area contributed by atoms with Crippen LogP contribution in [0.15, 0.2) is 0 Å². The van der Waals surface area contributed by atoms with Gasteiger partial charge in [0.1, 0.15) is 0 Å². The van der Waals surface area contributed by atoms with Crippen LogP contribution < -0.4 is 0 Å². The second kappa shape index (κ2) is 140. The van der Waals surface area contributed by atoms with E-state index in [0.717, 1.165) is 0 Å². The van der Waals surface area contributed by atoms with Crippen LogP contribution in [0.4, 0.5) is 0 Å². The molecule has 0 N–H and O–H groups in total. The van der Waals surface area contributed by atoms with Gasteiger partial charge in [-0.05, 0) is 0 Å². The molecule has 0 saturated heterocycles. The van der Waals surface area contributed by atoms with Crippen LogP contribution in [0, 0.1) is 0 Å². The molecule has 0 aromatic rings. The van der Waals surface area contributed by atoms with Gasteiger partial charge in [-0.15, -0.1) is 0 Å². The van der Waals surface area contributed by atoms with Crippen LogP contribution in [0.3, 0.4) is 0 Å². The third kappa shape index (κ3) is 127. The van der Waals surface area contributed by atoms with Gasteiger partial charge in [-0.3, -0.25) is 0 Å². The fourth-order valence-corrected chi connectivity index (χ4v) is 0. The van der Waals surface area contributed by atoms with Gasteiger partial charge in [-0.25, -0.2) is 0 Å². The first-order valence-corrected chi connectivity index (χ1v) is 0. The molecule has 0 aliphatic heterocycles. The van der Waals surface area contributed by atoms with Crippen LogP contribution in [-0.4, -0.2) is 241 Å². The summed E-state index contributed by atoms with van der Waals surface area (Å²) in [6.07, 6.45) is 0. The molecule has 0 spiro atoms. The molecule has 0 bridgehead atoms. The standard InChI is InChI=1S/2Ga.9Se.2Sn.2Zn/q2*+3;9*-2;2*+4;2*+2. The van der Waals surface area contributed by atoms with Crippen LogP contribution in [0.25, 0.3) is 0 Å². The van der Waals surface area contributed by atoms with E-state index in [4.69, 9.17) is 0 Å². The molecule has 0 atom stereocenters. The molecule has 0 aromatic carbocycles. The van der Waals surface area contributed by atoms with E-state index in [-0.39, 0.29) is 280 Å². The minimum Gasteiger partial charge on any atom is -2.00 e. The molecule has 0 aliphatic rings. The normalized spacial score (nSPS) is 0. The Balaban J connectivity index is 0. The second-order valence-electron chi connectivity index (χ2n) is 0. The molecule has 0 rings (SSSR count). The van der Waals surface area contributed by atoms with Crippen molar-refractivity contribution in [2.45, 2.75) is 0 Å². The average molecular weight is 1220 g/mol. The van der Waals surface area contributed by atoms with Crippen molar-refractivity contribution in [1.82, 2.24) is 0 Å². The number of rotatable bonds is 0. The van der Waals surface area contributed by atoms with Crippen LogP contribution in [-0.2, 0) is 39.0 Å². The van der Waals surface area contributed by atoms with Gasteiger partial charge in [0.15, 0.2) is 0 Å². The van der Waals surface area contributed by atoms with Crippen molar-refractivity contribution in [3.63, 3.8) is 0 Å². The smallest absolute Gasteiger partial charge is 2.00 e. The second-order valence-corrected chi connectivity index (χ2v) is 0. The van der Waals surface area contributed by atoms with E-state index in [0.29, 0.717) is 0 Å². The Morgan fingerprint density at radius 1 is 0.267 bits per heavy atom. The zero-order valence-electron chi connectivity index (χ0n) is 7.24. The van der Waals surface area contributed by atoms with E-state index in [1.54, 1.807) is 0 Å². The van der Waals surface area contributed by atoms with Crippen LogP contribution in [0.1, 0.15) is 0 Å². The van der Waals surface area contributed by atoms with Crippen LogP contribution >= 0.6 is 0 Å². The maximum Gasteiger partial charge on any atom is 4.00 e. The molecule has 0 unspecified atom stereocenters. The van der Waals surface area contributed by atoms with Crippen molar-refractivity contribution in [1.29, 1.82) is 0 Å². The first-order valence-electron chi connectivity index (χ1n) is 0. The molecule has 15 heteroatoms. The Hall–Kier alpha value is 8.79. The molecular formula is Ga2Se9Sn2Zn2. The maximum atomic E-state index is 0. The van der Waals surface area contributed by atoms with Crippen LogP contribution in [0.2, 0.25) is 0 Å². The summed E-state index contributed by atoms with van der Waals surface area (Å²) in [6.45, 7) is 0. The van der Waals surface area contributed by atoms with Crippen molar-refractivity contribution in [3.8, 4) is 0 Å². The largest absolute Gasteiger partial charge is 4.00 e. The summed E-state index contributed by atoms with van der Waals surface area (Å²) in [5.41, 5.74) is 0. The minimum atomic E-state index is 0. The van der Waals surface area contributed by atoms with Gasteiger partial charge in [-0.2, -0.15) is 0 Å². The Labute approximate surface area is 273 Å². The van der Waals surface area contributed by atoms with E-state index in [1.165, 1.54) is 0 Å². The summed E-state index contributed by atoms with van der Waals surface area (Å²) < 4.78 is 0. The van der Waals surface area contributed by atoms with Gasteiger partial charge in [0.25, 0.3) is 0 Å². The molecule has 72 valence electrons. The van der Waals surface area contributed by atoms with Crippen molar-refractivity contribution < 1.29 is 39.0 Å². The molecule has 0 saturated carbocycles. The van der Waals surface area contributed by atoms with E-state index in [9.17, 15) is 0 Å². The Kier molecular flexibility index (Phi) is 1490. The van der Waals surface area contributed by atoms with E-state index >= 15 is 0 Å². The maximum absolute atomic E-state index is 0. The predicted octanol–water partition coefficient (Wildman–Crippen LogP) is -4.96. The Morgan fingerprint density at radius 3 is 0.267 bits per heavy atom. The van der Waals surface area contributed by atoms with Crippen LogP contribution in [0.5, 0.6) is 0 Å².